The van der Waals surface area contributed by atoms with Gasteiger partial charge in [-0.1, -0.05) is 12.1 Å². The van der Waals surface area contributed by atoms with Crippen molar-refractivity contribution >= 4 is 18.0 Å². The molecule has 25 heavy (non-hydrogen) atoms. The van der Waals surface area contributed by atoms with Crippen LogP contribution in [0.15, 0.2) is 46.4 Å². The van der Waals surface area contributed by atoms with Crippen LogP contribution in [0.25, 0.3) is 17.4 Å². The van der Waals surface area contributed by atoms with E-state index in [-0.39, 0.29) is 11.1 Å². The van der Waals surface area contributed by atoms with E-state index in [2.05, 4.69) is 5.32 Å². The van der Waals surface area contributed by atoms with Crippen LogP contribution in [-0.2, 0) is 9.53 Å². The van der Waals surface area contributed by atoms with Crippen molar-refractivity contribution in [2.24, 2.45) is 0 Å². The summed E-state index contributed by atoms with van der Waals surface area (Å²) in [6.07, 6.45) is 1.34. The molecule has 0 aliphatic carbocycles. The SMILES string of the molecule is COCCNC(=O)C(C#N)=Cc1ccc(-c2ccc(C(=O)O)cc2)o1. The summed E-state index contributed by atoms with van der Waals surface area (Å²) in [4.78, 5) is 22.7. The summed E-state index contributed by atoms with van der Waals surface area (Å²) in [5.74, 6) is -0.674. The number of benzene rings is 1. The van der Waals surface area contributed by atoms with Crippen molar-refractivity contribution in [1.82, 2.24) is 5.32 Å². The zero-order chi connectivity index (χ0) is 18.2. The summed E-state index contributed by atoms with van der Waals surface area (Å²) in [6.45, 7) is 0.648. The van der Waals surface area contributed by atoms with Crippen molar-refractivity contribution in [2.45, 2.75) is 0 Å². The number of carboxylic acids is 1. The van der Waals surface area contributed by atoms with Crippen LogP contribution in [0.5, 0.6) is 0 Å². The average Bonchev–Trinajstić information content (AvgIpc) is 3.08. The molecular weight excluding hydrogens is 324 g/mol. The Balaban J connectivity index is 2.15. The summed E-state index contributed by atoms with van der Waals surface area (Å²) in [5, 5.41) is 20.6. The van der Waals surface area contributed by atoms with Crippen LogP contribution in [0.1, 0.15) is 16.1 Å². The molecule has 0 spiro atoms. The molecule has 0 aliphatic heterocycles. The first-order valence-electron chi connectivity index (χ1n) is 7.37. The molecule has 0 unspecified atom stereocenters. The van der Waals surface area contributed by atoms with Crippen LogP contribution in [0.3, 0.4) is 0 Å². The molecule has 0 fully saturated rings. The number of carboxylic acid groups (broad SMARTS) is 1. The Bertz CT molecular complexity index is 828. The number of nitriles is 1. The van der Waals surface area contributed by atoms with Crippen LogP contribution in [-0.4, -0.2) is 37.2 Å². The number of nitrogens with zero attached hydrogens (tertiary/aromatic N) is 1. The van der Waals surface area contributed by atoms with Crippen molar-refractivity contribution in [3.8, 4) is 17.4 Å². The number of nitrogens with one attached hydrogen (secondary N) is 1. The van der Waals surface area contributed by atoms with Gasteiger partial charge in [0.2, 0.25) is 0 Å². The van der Waals surface area contributed by atoms with Crippen LogP contribution in [0.4, 0.5) is 0 Å². The molecule has 2 N–H and O–H groups in total. The monoisotopic (exact) mass is 340 g/mol. The van der Waals surface area contributed by atoms with E-state index in [0.29, 0.717) is 30.2 Å². The van der Waals surface area contributed by atoms with Gasteiger partial charge in [0.15, 0.2) is 0 Å². The Morgan fingerprint density at radius 1 is 1.28 bits per heavy atom. The fourth-order valence-electron chi connectivity index (χ4n) is 2.02. The normalized spacial score (nSPS) is 11.0. The molecule has 0 atom stereocenters. The van der Waals surface area contributed by atoms with Gasteiger partial charge in [0, 0.05) is 25.3 Å². The highest BCUT2D eigenvalue weighted by atomic mass is 16.5. The molecule has 7 heteroatoms. The lowest BCUT2D eigenvalue weighted by Gasteiger charge is -2.02. The summed E-state index contributed by atoms with van der Waals surface area (Å²) in [7, 11) is 1.51. The van der Waals surface area contributed by atoms with E-state index in [0.717, 1.165) is 0 Å². The Labute approximate surface area is 144 Å². The number of hydrogen-bond acceptors (Lipinski definition) is 5. The smallest absolute Gasteiger partial charge is 0.335 e. The maximum absolute atomic E-state index is 11.9. The van der Waals surface area contributed by atoms with Gasteiger partial charge in [0.25, 0.3) is 5.91 Å². The van der Waals surface area contributed by atoms with Crippen molar-refractivity contribution in [3.05, 3.63) is 53.3 Å². The predicted octanol–water partition coefficient (Wildman–Crippen LogP) is 2.31. The molecule has 0 aliphatic rings. The minimum atomic E-state index is -1.01. The first-order chi connectivity index (χ1) is 12.0. The van der Waals surface area contributed by atoms with E-state index in [4.69, 9.17) is 19.5 Å². The fourth-order valence-corrected chi connectivity index (χ4v) is 2.02. The second kappa shape index (κ2) is 8.47. The number of carbonyl (C=O) groups excluding carboxylic acids is 1. The van der Waals surface area contributed by atoms with Crippen LogP contribution >= 0.6 is 0 Å². The number of amides is 1. The van der Waals surface area contributed by atoms with Gasteiger partial charge in [-0.25, -0.2) is 4.79 Å². The van der Waals surface area contributed by atoms with Crippen LogP contribution in [0, 0.1) is 11.3 Å². The quantitative estimate of drug-likeness (QED) is 0.454. The van der Waals surface area contributed by atoms with Crippen molar-refractivity contribution < 1.29 is 23.8 Å². The summed E-state index contributed by atoms with van der Waals surface area (Å²) in [5.41, 5.74) is 0.779. The molecule has 7 nitrogen and oxygen atoms in total. The summed E-state index contributed by atoms with van der Waals surface area (Å²) >= 11 is 0. The van der Waals surface area contributed by atoms with Gasteiger partial charge in [-0.15, -0.1) is 0 Å². The molecule has 1 heterocycles. The van der Waals surface area contributed by atoms with Gasteiger partial charge in [-0.05, 0) is 24.3 Å². The minimum absolute atomic E-state index is 0.0850. The Morgan fingerprint density at radius 3 is 2.60 bits per heavy atom. The maximum atomic E-state index is 11.9. The number of furan rings is 1. The lowest BCUT2D eigenvalue weighted by Crippen LogP contribution is -2.27. The van der Waals surface area contributed by atoms with E-state index in [1.165, 1.54) is 25.3 Å². The van der Waals surface area contributed by atoms with Gasteiger partial charge in [0.05, 0.1) is 12.2 Å². The highest BCUT2D eigenvalue weighted by Gasteiger charge is 2.11. The topological polar surface area (TPSA) is 113 Å². The minimum Gasteiger partial charge on any atom is -0.478 e. The second-order valence-corrected chi connectivity index (χ2v) is 5.00. The van der Waals surface area contributed by atoms with Crippen LogP contribution in [0.2, 0.25) is 0 Å². The van der Waals surface area contributed by atoms with Gasteiger partial charge in [-0.2, -0.15) is 5.26 Å². The largest absolute Gasteiger partial charge is 0.478 e. The van der Waals surface area contributed by atoms with Crippen molar-refractivity contribution in [2.75, 3.05) is 20.3 Å². The molecule has 0 saturated heterocycles. The molecule has 128 valence electrons. The Morgan fingerprint density at radius 2 is 2.00 bits per heavy atom. The van der Waals surface area contributed by atoms with Gasteiger partial charge in [0.1, 0.15) is 23.2 Å². The molecule has 1 aromatic heterocycles. The lowest BCUT2D eigenvalue weighted by atomic mass is 10.1. The average molecular weight is 340 g/mol. The maximum Gasteiger partial charge on any atom is 0.335 e. The first-order valence-corrected chi connectivity index (χ1v) is 7.37. The number of methoxy groups -OCH3 is 1. The van der Waals surface area contributed by atoms with Crippen LogP contribution < -0.4 is 5.32 Å². The molecule has 2 aromatic rings. The third-order valence-corrected chi connectivity index (χ3v) is 3.29. The number of aromatic carboxylic acids is 1. The third kappa shape index (κ3) is 4.80. The van der Waals surface area contributed by atoms with E-state index in [9.17, 15) is 9.59 Å². The zero-order valence-electron chi connectivity index (χ0n) is 13.5. The van der Waals surface area contributed by atoms with Gasteiger partial charge < -0.3 is 19.6 Å². The highest BCUT2D eigenvalue weighted by molar-refractivity contribution is 6.01. The standard InChI is InChI=1S/C18H16N2O5/c1-24-9-8-20-17(21)14(11-19)10-15-6-7-16(25-15)12-2-4-13(5-3-12)18(22)23/h2-7,10H,8-9H2,1H3,(H,20,21)(H,22,23). The van der Waals surface area contributed by atoms with E-state index >= 15 is 0 Å². The Hall–Kier alpha value is -3.37. The number of rotatable bonds is 7. The molecular formula is C18H16N2O5. The number of carbonyl (C=O) groups is 2. The van der Waals surface area contributed by atoms with Gasteiger partial charge >= 0.3 is 5.97 Å². The first kappa shape index (κ1) is 18.0. The van der Waals surface area contributed by atoms with Crippen molar-refractivity contribution in [1.29, 1.82) is 5.26 Å². The predicted molar refractivity (Wildman–Crippen MR) is 89.6 cm³/mol. The van der Waals surface area contributed by atoms with E-state index in [1.807, 2.05) is 6.07 Å². The van der Waals surface area contributed by atoms with E-state index in [1.54, 1.807) is 24.3 Å². The third-order valence-electron chi connectivity index (χ3n) is 3.29. The molecule has 1 amide bonds. The summed E-state index contributed by atoms with van der Waals surface area (Å²) < 4.78 is 10.4. The van der Waals surface area contributed by atoms with Gasteiger partial charge in [-0.3, -0.25) is 4.79 Å². The number of ether oxygens (including phenoxy) is 1. The molecule has 0 radical (unpaired) electrons. The molecule has 0 saturated carbocycles. The zero-order valence-corrected chi connectivity index (χ0v) is 13.5. The van der Waals surface area contributed by atoms with Crippen molar-refractivity contribution in [3.63, 3.8) is 0 Å². The Kier molecular flexibility index (Phi) is 6.09. The summed E-state index contributed by atoms with van der Waals surface area (Å²) in [6, 6.07) is 11.3. The highest BCUT2D eigenvalue weighted by Crippen LogP contribution is 2.23. The fraction of sp³-hybridized carbons (Fsp3) is 0.167. The number of hydrogen-bond donors (Lipinski definition) is 2. The molecule has 0 bridgehead atoms. The lowest BCUT2D eigenvalue weighted by molar-refractivity contribution is -0.117. The molecule has 2 rings (SSSR count). The second-order valence-electron chi connectivity index (χ2n) is 5.00. The van der Waals surface area contributed by atoms with E-state index < -0.39 is 11.9 Å². The molecule has 1 aromatic carbocycles.